The average molecular weight is 414 g/mol. The molecule has 8 nitrogen and oxygen atoms in total. The fourth-order valence-corrected chi connectivity index (χ4v) is 4.07. The van der Waals surface area contributed by atoms with Crippen molar-refractivity contribution >= 4 is 33.5 Å². The second kappa shape index (κ2) is 8.69. The Bertz CT molecular complexity index is 877. The number of carbonyl (C=O) groups excluding carboxylic acids is 2. The number of sulfonamides is 1. The van der Waals surface area contributed by atoms with Gasteiger partial charge in [0.1, 0.15) is 4.90 Å². The second-order valence-corrected chi connectivity index (χ2v) is 8.35. The van der Waals surface area contributed by atoms with Gasteiger partial charge in [-0.05, 0) is 38.0 Å². The van der Waals surface area contributed by atoms with Gasteiger partial charge in [0.05, 0.1) is 23.1 Å². The molecule has 2 rings (SSSR count). The molecule has 10 heteroatoms. The summed E-state index contributed by atoms with van der Waals surface area (Å²) < 4.78 is 32.4. The fraction of sp³-hybridized carbons (Fsp3) is 0.471. The first-order chi connectivity index (χ1) is 12.7. The lowest BCUT2D eigenvalue weighted by Crippen LogP contribution is -2.38. The number of ether oxygens (including phenoxy) is 1. The van der Waals surface area contributed by atoms with Gasteiger partial charge in [-0.25, -0.2) is 17.9 Å². The SMILES string of the molecule is C[C@@H](OC(=O)c1ccc(Cl)c(S(=O)(=O)NC2CC2)c1)C(=O)N(C)CCC#N. The van der Waals surface area contributed by atoms with E-state index in [-0.39, 0.29) is 34.5 Å². The molecule has 1 aromatic carbocycles. The Hall–Kier alpha value is -2.15. The summed E-state index contributed by atoms with van der Waals surface area (Å²) >= 11 is 5.98. The van der Waals surface area contributed by atoms with Gasteiger partial charge in [0.25, 0.3) is 5.91 Å². The first-order valence-electron chi connectivity index (χ1n) is 8.30. The zero-order valence-corrected chi connectivity index (χ0v) is 16.5. The van der Waals surface area contributed by atoms with E-state index in [2.05, 4.69) is 4.72 Å². The first kappa shape index (κ1) is 21.2. The molecule has 1 fully saturated rings. The second-order valence-electron chi connectivity index (χ2n) is 6.26. The zero-order chi connectivity index (χ0) is 20.2. The summed E-state index contributed by atoms with van der Waals surface area (Å²) in [5.74, 6) is -1.31. The lowest BCUT2D eigenvalue weighted by atomic mass is 10.2. The van der Waals surface area contributed by atoms with Crippen molar-refractivity contribution in [3.8, 4) is 6.07 Å². The van der Waals surface area contributed by atoms with Crippen LogP contribution in [0.2, 0.25) is 5.02 Å². The van der Waals surface area contributed by atoms with E-state index in [9.17, 15) is 18.0 Å². The van der Waals surface area contributed by atoms with Crippen molar-refractivity contribution in [1.82, 2.24) is 9.62 Å². The summed E-state index contributed by atoms with van der Waals surface area (Å²) in [6.07, 6.45) is 0.603. The van der Waals surface area contributed by atoms with Crippen molar-refractivity contribution < 1.29 is 22.7 Å². The van der Waals surface area contributed by atoms with Crippen molar-refractivity contribution in [3.63, 3.8) is 0 Å². The van der Waals surface area contributed by atoms with Crippen LogP contribution in [0.5, 0.6) is 0 Å². The van der Waals surface area contributed by atoms with Gasteiger partial charge >= 0.3 is 5.97 Å². The minimum absolute atomic E-state index is 0.0138. The first-order valence-corrected chi connectivity index (χ1v) is 10.2. The average Bonchev–Trinajstić information content (AvgIpc) is 3.42. The van der Waals surface area contributed by atoms with Crippen LogP contribution in [0.4, 0.5) is 0 Å². The topological polar surface area (TPSA) is 117 Å². The molecule has 1 amide bonds. The Morgan fingerprint density at radius 3 is 2.70 bits per heavy atom. The summed E-state index contributed by atoms with van der Waals surface area (Å²) in [5, 5.41) is 8.55. The third-order valence-corrected chi connectivity index (χ3v) is 5.92. The molecular formula is C17H20ClN3O5S. The molecule has 1 aromatic rings. The summed E-state index contributed by atoms with van der Waals surface area (Å²) in [4.78, 5) is 25.5. The van der Waals surface area contributed by atoms with Crippen molar-refractivity contribution in [2.24, 2.45) is 0 Å². The number of amides is 1. The number of rotatable bonds is 8. The Balaban J connectivity index is 2.11. The maximum atomic E-state index is 12.4. The van der Waals surface area contributed by atoms with E-state index >= 15 is 0 Å². The minimum Gasteiger partial charge on any atom is -0.449 e. The predicted octanol–water partition coefficient (Wildman–Crippen LogP) is 1.70. The zero-order valence-electron chi connectivity index (χ0n) is 14.9. The van der Waals surface area contributed by atoms with Gasteiger partial charge in [0.15, 0.2) is 6.10 Å². The van der Waals surface area contributed by atoms with E-state index < -0.39 is 28.0 Å². The molecule has 0 bridgehead atoms. The van der Waals surface area contributed by atoms with Crippen LogP contribution < -0.4 is 4.72 Å². The van der Waals surface area contributed by atoms with Gasteiger partial charge < -0.3 is 9.64 Å². The molecule has 1 aliphatic rings. The number of esters is 1. The summed E-state index contributed by atoms with van der Waals surface area (Å²) in [6, 6.07) is 5.58. The molecule has 0 spiro atoms. The number of likely N-dealkylation sites (N-methyl/N-ethyl adjacent to an activating group) is 1. The Labute approximate surface area is 163 Å². The van der Waals surface area contributed by atoms with E-state index in [4.69, 9.17) is 21.6 Å². The molecule has 1 atom stereocenters. The van der Waals surface area contributed by atoms with E-state index in [1.807, 2.05) is 6.07 Å². The highest BCUT2D eigenvalue weighted by molar-refractivity contribution is 7.89. The highest BCUT2D eigenvalue weighted by Crippen LogP contribution is 2.27. The highest BCUT2D eigenvalue weighted by atomic mass is 35.5. The third kappa shape index (κ3) is 5.66. The summed E-state index contributed by atoms with van der Waals surface area (Å²) in [6.45, 7) is 1.62. The molecule has 0 saturated heterocycles. The van der Waals surface area contributed by atoms with Gasteiger partial charge in [-0.15, -0.1) is 0 Å². The number of hydrogen-bond donors (Lipinski definition) is 1. The lowest BCUT2D eigenvalue weighted by molar-refractivity contribution is -0.138. The molecule has 1 aliphatic carbocycles. The van der Waals surface area contributed by atoms with Gasteiger partial charge in [-0.1, -0.05) is 11.6 Å². The summed E-state index contributed by atoms with van der Waals surface area (Å²) in [7, 11) is -2.35. The highest BCUT2D eigenvalue weighted by Gasteiger charge is 2.30. The maximum Gasteiger partial charge on any atom is 0.338 e. The number of nitriles is 1. The molecular weight excluding hydrogens is 394 g/mol. The van der Waals surface area contributed by atoms with Crippen LogP contribution in [0.3, 0.4) is 0 Å². The lowest BCUT2D eigenvalue weighted by Gasteiger charge is -2.20. The molecule has 0 radical (unpaired) electrons. The molecule has 146 valence electrons. The van der Waals surface area contributed by atoms with Crippen LogP contribution in [0.1, 0.15) is 36.5 Å². The van der Waals surface area contributed by atoms with Crippen molar-refractivity contribution in [1.29, 1.82) is 5.26 Å². The fourth-order valence-electron chi connectivity index (χ4n) is 2.24. The normalized spacial score (nSPS) is 14.9. The number of carbonyl (C=O) groups is 2. The van der Waals surface area contributed by atoms with E-state index in [0.717, 1.165) is 18.9 Å². The van der Waals surface area contributed by atoms with Crippen molar-refractivity contribution in [2.45, 2.75) is 43.2 Å². The van der Waals surface area contributed by atoms with Crippen LogP contribution in [-0.4, -0.2) is 50.9 Å². The van der Waals surface area contributed by atoms with Crippen LogP contribution in [-0.2, 0) is 19.6 Å². The molecule has 0 aromatic heterocycles. The molecule has 27 heavy (non-hydrogen) atoms. The molecule has 0 aliphatic heterocycles. The number of benzene rings is 1. The monoisotopic (exact) mass is 413 g/mol. The van der Waals surface area contributed by atoms with Crippen LogP contribution >= 0.6 is 11.6 Å². The molecule has 1 N–H and O–H groups in total. The third-order valence-electron chi connectivity index (χ3n) is 3.92. The number of halogens is 1. The van der Waals surface area contributed by atoms with E-state index in [1.165, 1.54) is 31.0 Å². The Morgan fingerprint density at radius 1 is 1.44 bits per heavy atom. The largest absolute Gasteiger partial charge is 0.449 e. The molecule has 1 saturated carbocycles. The quantitative estimate of drug-likeness (QED) is 0.648. The van der Waals surface area contributed by atoms with Gasteiger partial charge in [0, 0.05) is 19.6 Å². The van der Waals surface area contributed by atoms with Gasteiger partial charge in [-0.2, -0.15) is 5.26 Å². The van der Waals surface area contributed by atoms with Crippen LogP contribution in [0, 0.1) is 11.3 Å². The molecule has 0 unspecified atom stereocenters. The number of nitrogens with zero attached hydrogens (tertiary/aromatic N) is 2. The van der Waals surface area contributed by atoms with Crippen LogP contribution in [0.15, 0.2) is 23.1 Å². The minimum atomic E-state index is -3.85. The van der Waals surface area contributed by atoms with Crippen molar-refractivity contribution in [3.05, 3.63) is 28.8 Å². The smallest absolute Gasteiger partial charge is 0.338 e. The number of hydrogen-bond acceptors (Lipinski definition) is 6. The van der Waals surface area contributed by atoms with E-state index in [0.29, 0.717) is 0 Å². The number of nitrogens with one attached hydrogen (secondary N) is 1. The summed E-state index contributed by atoms with van der Waals surface area (Å²) in [5.41, 5.74) is -0.0325. The maximum absolute atomic E-state index is 12.4. The Morgan fingerprint density at radius 2 is 2.11 bits per heavy atom. The Kier molecular flexibility index (Phi) is 6.81. The standard InChI is InChI=1S/C17H20ClN3O5S/c1-11(16(22)21(2)9-3-8-19)26-17(23)12-4-7-14(18)15(10-12)27(24,25)20-13-5-6-13/h4,7,10-11,13,20H,3,5-6,9H2,1-2H3/t11-/m1/s1. The van der Waals surface area contributed by atoms with Gasteiger partial charge in [0.2, 0.25) is 10.0 Å². The predicted molar refractivity (Wildman–Crippen MR) is 97.5 cm³/mol. The van der Waals surface area contributed by atoms with Crippen LogP contribution in [0.25, 0.3) is 0 Å². The molecule has 0 heterocycles. The van der Waals surface area contributed by atoms with Crippen molar-refractivity contribution in [2.75, 3.05) is 13.6 Å². The van der Waals surface area contributed by atoms with Gasteiger partial charge in [-0.3, -0.25) is 4.79 Å². The van der Waals surface area contributed by atoms with E-state index in [1.54, 1.807) is 0 Å².